The first-order valence-electron chi connectivity index (χ1n) is 12.6. The number of carbonyl (C=O) groups excluding carboxylic acids is 3. The molecule has 6 rings (SSSR count). The van der Waals surface area contributed by atoms with Crippen molar-refractivity contribution < 1.29 is 14.4 Å². The number of benzene rings is 2. The zero-order valence-electron chi connectivity index (χ0n) is 19.9. The third-order valence-electron chi connectivity index (χ3n) is 7.39. The Bertz CT molecular complexity index is 1300. The van der Waals surface area contributed by atoms with Gasteiger partial charge in [0.05, 0.1) is 11.1 Å². The summed E-state index contributed by atoms with van der Waals surface area (Å²) in [4.78, 5) is 45.3. The predicted octanol–water partition coefficient (Wildman–Crippen LogP) is 4.36. The summed E-state index contributed by atoms with van der Waals surface area (Å²) < 4.78 is 0. The fourth-order valence-corrected chi connectivity index (χ4v) is 5.73. The van der Waals surface area contributed by atoms with Crippen molar-refractivity contribution >= 4 is 34.2 Å². The zero-order chi connectivity index (χ0) is 24.7. The number of aromatic nitrogens is 1. The van der Waals surface area contributed by atoms with E-state index in [9.17, 15) is 14.4 Å². The van der Waals surface area contributed by atoms with Crippen LogP contribution in [0.3, 0.4) is 0 Å². The molecule has 2 aliphatic carbocycles. The van der Waals surface area contributed by atoms with Gasteiger partial charge in [-0.25, -0.2) is 4.98 Å². The van der Waals surface area contributed by atoms with Gasteiger partial charge >= 0.3 is 0 Å². The molecule has 3 amide bonds. The zero-order valence-corrected chi connectivity index (χ0v) is 20.7. The van der Waals surface area contributed by atoms with Crippen LogP contribution in [0.25, 0.3) is 11.3 Å². The lowest BCUT2D eigenvalue weighted by Gasteiger charge is -2.28. The standard InChI is InChI=1S/C28H28N4O3S/c33-24(29-21-12-13-21)19-10-8-18(9-11-19)22-17-36-27(30-22)31-25(34)23-7-4-16-32(23)26(35)28(14-15-28)20-5-2-1-3-6-20/h1-3,5-6,8-11,17,21,23H,4,7,12-16H2,(H,29,33)(H,30,31,34)/t23-/m0/s1. The number of rotatable bonds is 7. The number of anilines is 1. The number of nitrogens with zero attached hydrogens (tertiary/aromatic N) is 2. The molecule has 0 unspecified atom stereocenters. The molecule has 2 N–H and O–H groups in total. The second-order valence-corrected chi connectivity index (χ2v) is 10.8. The molecule has 36 heavy (non-hydrogen) atoms. The molecule has 7 nitrogen and oxygen atoms in total. The van der Waals surface area contributed by atoms with Crippen LogP contribution in [0.1, 0.15) is 54.4 Å². The largest absolute Gasteiger partial charge is 0.349 e. The molecule has 184 valence electrons. The van der Waals surface area contributed by atoms with E-state index < -0.39 is 11.5 Å². The Morgan fingerprint density at radius 3 is 2.42 bits per heavy atom. The number of amides is 3. The summed E-state index contributed by atoms with van der Waals surface area (Å²) in [7, 11) is 0. The molecule has 2 aromatic carbocycles. The SMILES string of the molecule is O=C(NC1CC1)c1ccc(-c2csc(NC(=O)[C@@H]3CCCN3C(=O)C3(c4ccccc4)CC3)n2)cc1. The third kappa shape index (κ3) is 4.41. The molecule has 0 bridgehead atoms. The molecule has 1 aliphatic heterocycles. The van der Waals surface area contributed by atoms with Crippen LogP contribution in [0.5, 0.6) is 0 Å². The lowest BCUT2D eigenvalue weighted by molar-refractivity contribution is -0.138. The van der Waals surface area contributed by atoms with Crippen LogP contribution < -0.4 is 10.6 Å². The van der Waals surface area contributed by atoms with E-state index in [1.807, 2.05) is 47.8 Å². The number of hydrogen-bond donors (Lipinski definition) is 2. The van der Waals surface area contributed by atoms with Crippen molar-refractivity contribution in [2.75, 3.05) is 11.9 Å². The lowest BCUT2D eigenvalue weighted by Crippen LogP contribution is -2.47. The first-order chi connectivity index (χ1) is 17.5. The van der Waals surface area contributed by atoms with Crippen LogP contribution >= 0.6 is 11.3 Å². The van der Waals surface area contributed by atoms with Gasteiger partial charge in [-0.05, 0) is 56.2 Å². The average Bonchev–Trinajstić information content (AvgIpc) is 3.80. The fourth-order valence-electron chi connectivity index (χ4n) is 5.01. The van der Waals surface area contributed by atoms with E-state index in [0.29, 0.717) is 29.7 Å². The fraction of sp³-hybridized carbons (Fsp3) is 0.357. The second-order valence-electron chi connectivity index (χ2n) is 9.96. The molecule has 3 fully saturated rings. The van der Waals surface area contributed by atoms with E-state index in [4.69, 9.17) is 0 Å². The van der Waals surface area contributed by atoms with Gasteiger partial charge in [0.2, 0.25) is 11.8 Å². The van der Waals surface area contributed by atoms with E-state index in [2.05, 4.69) is 15.6 Å². The van der Waals surface area contributed by atoms with Gasteiger partial charge in [-0.2, -0.15) is 0 Å². The summed E-state index contributed by atoms with van der Waals surface area (Å²) in [6, 6.07) is 17.1. The molecular formula is C28H28N4O3S. The molecule has 3 aliphatic rings. The number of carbonyl (C=O) groups is 3. The van der Waals surface area contributed by atoms with Crippen molar-refractivity contribution in [2.24, 2.45) is 0 Å². The first kappa shape index (κ1) is 22.9. The number of hydrogen-bond acceptors (Lipinski definition) is 5. The summed E-state index contributed by atoms with van der Waals surface area (Å²) in [6.45, 7) is 0.606. The first-order valence-corrected chi connectivity index (χ1v) is 13.5. The van der Waals surface area contributed by atoms with Crippen molar-refractivity contribution in [1.82, 2.24) is 15.2 Å². The summed E-state index contributed by atoms with van der Waals surface area (Å²) in [5.74, 6) is -0.166. The van der Waals surface area contributed by atoms with Crippen molar-refractivity contribution in [3.8, 4) is 11.3 Å². The normalized spacial score (nSPS) is 20.1. The van der Waals surface area contributed by atoms with Crippen molar-refractivity contribution in [1.29, 1.82) is 0 Å². The molecule has 3 aromatic rings. The van der Waals surface area contributed by atoms with E-state index in [0.717, 1.165) is 48.9 Å². The van der Waals surface area contributed by atoms with E-state index in [1.54, 1.807) is 17.0 Å². The Hall–Kier alpha value is -3.52. The summed E-state index contributed by atoms with van der Waals surface area (Å²) in [5.41, 5.74) is 2.82. The average molecular weight is 501 g/mol. The highest BCUT2D eigenvalue weighted by molar-refractivity contribution is 7.14. The van der Waals surface area contributed by atoms with Crippen molar-refractivity contribution in [3.63, 3.8) is 0 Å². The van der Waals surface area contributed by atoms with Crippen molar-refractivity contribution in [2.45, 2.75) is 56.0 Å². The van der Waals surface area contributed by atoms with Crippen LogP contribution in [0.2, 0.25) is 0 Å². The molecule has 2 saturated carbocycles. The maximum Gasteiger partial charge on any atom is 0.251 e. The Morgan fingerprint density at radius 1 is 0.972 bits per heavy atom. The highest BCUT2D eigenvalue weighted by Crippen LogP contribution is 2.50. The van der Waals surface area contributed by atoms with Gasteiger partial charge in [0.15, 0.2) is 5.13 Å². The van der Waals surface area contributed by atoms with Crippen LogP contribution in [0.15, 0.2) is 60.0 Å². The molecule has 0 radical (unpaired) electrons. The molecule has 1 saturated heterocycles. The minimum atomic E-state index is -0.477. The van der Waals surface area contributed by atoms with Gasteiger partial charge in [0.1, 0.15) is 6.04 Å². The quantitative estimate of drug-likeness (QED) is 0.504. The van der Waals surface area contributed by atoms with Gasteiger partial charge in [-0.15, -0.1) is 11.3 Å². The Balaban J connectivity index is 1.11. The molecule has 2 heterocycles. The van der Waals surface area contributed by atoms with E-state index in [1.165, 1.54) is 11.3 Å². The smallest absolute Gasteiger partial charge is 0.251 e. The van der Waals surface area contributed by atoms with Crippen LogP contribution in [0.4, 0.5) is 5.13 Å². The van der Waals surface area contributed by atoms with Gasteiger partial charge in [0, 0.05) is 29.1 Å². The Morgan fingerprint density at radius 2 is 1.72 bits per heavy atom. The molecule has 1 atom stereocenters. The van der Waals surface area contributed by atoms with Gasteiger partial charge in [-0.1, -0.05) is 42.5 Å². The monoisotopic (exact) mass is 500 g/mol. The van der Waals surface area contributed by atoms with Crippen LogP contribution in [-0.4, -0.2) is 46.2 Å². The van der Waals surface area contributed by atoms with E-state index in [-0.39, 0.29) is 17.7 Å². The molecule has 8 heteroatoms. The molecule has 1 aromatic heterocycles. The topological polar surface area (TPSA) is 91.4 Å². The number of likely N-dealkylation sites (tertiary alicyclic amines) is 1. The van der Waals surface area contributed by atoms with Gasteiger partial charge in [-0.3, -0.25) is 14.4 Å². The van der Waals surface area contributed by atoms with Crippen LogP contribution in [-0.2, 0) is 15.0 Å². The highest BCUT2D eigenvalue weighted by Gasteiger charge is 2.55. The third-order valence-corrected chi connectivity index (χ3v) is 8.15. The van der Waals surface area contributed by atoms with E-state index >= 15 is 0 Å². The van der Waals surface area contributed by atoms with Gasteiger partial charge < -0.3 is 15.5 Å². The van der Waals surface area contributed by atoms with Gasteiger partial charge in [0.25, 0.3) is 5.91 Å². The second kappa shape index (κ2) is 9.17. The predicted molar refractivity (Wildman–Crippen MR) is 139 cm³/mol. The number of nitrogens with one attached hydrogen (secondary N) is 2. The summed E-state index contributed by atoms with van der Waals surface area (Å²) >= 11 is 1.36. The maximum absolute atomic E-state index is 13.5. The van der Waals surface area contributed by atoms with Crippen LogP contribution in [0, 0.1) is 0 Å². The minimum absolute atomic E-state index is 0.0498. The Labute approximate surface area is 213 Å². The Kier molecular flexibility index (Phi) is 5.84. The van der Waals surface area contributed by atoms with Crippen molar-refractivity contribution in [3.05, 3.63) is 71.1 Å². The maximum atomic E-state index is 13.5. The highest BCUT2D eigenvalue weighted by atomic mass is 32.1. The lowest BCUT2D eigenvalue weighted by atomic mass is 9.94. The molecule has 0 spiro atoms. The minimum Gasteiger partial charge on any atom is -0.349 e. The molecular weight excluding hydrogens is 472 g/mol. The number of thiazole rings is 1. The summed E-state index contributed by atoms with van der Waals surface area (Å²) in [6.07, 6.45) is 5.24. The summed E-state index contributed by atoms with van der Waals surface area (Å²) in [5, 5.41) is 8.33.